The van der Waals surface area contributed by atoms with Crippen molar-refractivity contribution >= 4 is 35.2 Å². The summed E-state index contributed by atoms with van der Waals surface area (Å²) < 4.78 is 5.89. The maximum Gasteiger partial charge on any atom is 0.341 e. The molecule has 0 aliphatic carbocycles. The first kappa shape index (κ1) is 24.1. The summed E-state index contributed by atoms with van der Waals surface area (Å²) >= 11 is 1.28. The monoisotopic (exact) mass is 502 g/mol. The van der Waals surface area contributed by atoms with E-state index in [1.165, 1.54) is 28.5 Å². The van der Waals surface area contributed by atoms with Crippen LogP contribution in [-0.2, 0) is 19.1 Å². The lowest BCUT2D eigenvalue weighted by Crippen LogP contribution is -2.75. The molecule has 2 heterocycles. The standard InChI is InChI=1S/C28H26N2O5S/c1-19(31)30(22-15-9-4-10-16-22)23-25(32)29-17-28(34,18-36-26(23)29)27(33)35-24(20-11-5-2-6-12-20)21-13-7-3-8-14-21/h2-16,23-24,26,34H,17-18H2,1H3/t23?,26-,28?/m1/s1. The average Bonchev–Trinajstić information content (AvgIpc) is 2.91. The Labute approximate surface area is 213 Å². The number of fused-ring (bicyclic) bond motifs is 1. The minimum absolute atomic E-state index is 0.0492. The van der Waals surface area contributed by atoms with Crippen molar-refractivity contribution in [3.63, 3.8) is 0 Å². The van der Waals surface area contributed by atoms with E-state index in [-0.39, 0.29) is 29.5 Å². The van der Waals surface area contributed by atoms with Gasteiger partial charge in [-0.05, 0) is 23.3 Å². The molecule has 0 aromatic heterocycles. The van der Waals surface area contributed by atoms with E-state index in [1.54, 1.807) is 12.1 Å². The van der Waals surface area contributed by atoms with Crippen LogP contribution in [-0.4, -0.2) is 57.1 Å². The highest BCUT2D eigenvalue weighted by Gasteiger charge is 2.59. The van der Waals surface area contributed by atoms with Crippen molar-refractivity contribution in [3.05, 3.63) is 102 Å². The van der Waals surface area contributed by atoms with E-state index in [9.17, 15) is 19.5 Å². The summed E-state index contributed by atoms with van der Waals surface area (Å²) in [6.45, 7) is 1.24. The molecule has 0 radical (unpaired) electrons. The number of benzene rings is 3. The largest absolute Gasteiger partial charge is 0.450 e. The summed E-state index contributed by atoms with van der Waals surface area (Å²) in [6, 6.07) is 27.0. The molecular weight excluding hydrogens is 476 g/mol. The number of carbonyl (C=O) groups is 3. The minimum Gasteiger partial charge on any atom is -0.450 e. The van der Waals surface area contributed by atoms with Crippen LogP contribution in [0.1, 0.15) is 24.2 Å². The molecule has 3 aromatic rings. The van der Waals surface area contributed by atoms with Crippen LogP contribution >= 0.6 is 11.8 Å². The Morgan fingerprint density at radius 3 is 2.03 bits per heavy atom. The van der Waals surface area contributed by atoms with E-state index in [1.807, 2.05) is 78.9 Å². The van der Waals surface area contributed by atoms with Crippen LogP contribution in [0.15, 0.2) is 91.0 Å². The van der Waals surface area contributed by atoms with Crippen LogP contribution in [0.4, 0.5) is 5.69 Å². The fraction of sp³-hybridized carbons (Fsp3) is 0.250. The number of hydrogen-bond donors (Lipinski definition) is 1. The highest BCUT2D eigenvalue weighted by Crippen LogP contribution is 2.42. The molecule has 2 aliphatic rings. The highest BCUT2D eigenvalue weighted by molar-refractivity contribution is 8.00. The highest BCUT2D eigenvalue weighted by atomic mass is 32.2. The van der Waals surface area contributed by atoms with Gasteiger partial charge in [0.05, 0.1) is 6.54 Å². The van der Waals surface area contributed by atoms with Crippen molar-refractivity contribution in [3.8, 4) is 0 Å². The van der Waals surface area contributed by atoms with Gasteiger partial charge < -0.3 is 14.7 Å². The number of β-lactam (4-membered cyclic amide) rings is 1. The zero-order valence-electron chi connectivity index (χ0n) is 19.7. The summed E-state index contributed by atoms with van der Waals surface area (Å²) in [4.78, 5) is 41.9. The molecule has 8 heteroatoms. The Kier molecular flexibility index (Phi) is 6.55. The van der Waals surface area contributed by atoms with E-state index >= 15 is 0 Å². The van der Waals surface area contributed by atoms with Crippen LogP contribution < -0.4 is 4.90 Å². The second kappa shape index (κ2) is 9.79. The number of aliphatic hydroxyl groups is 1. The minimum atomic E-state index is -1.86. The molecule has 0 bridgehead atoms. The smallest absolute Gasteiger partial charge is 0.341 e. The number of rotatable bonds is 6. The Bertz CT molecular complexity index is 1220. The van der Waals surface area contributed by atoms with Gasteiger partial charge in [-0.1, -0.05) is 78.9 Å². The molecule has 36 heavy (non-hydrogen) atoms. The second-order valence-corrected chi connectivity index (χ2v) is 10.1. The third kappa shape index (κ3) is 4.38. The fourth-order valence-electron chi connectivity index (χ4n) is 4.69. The average molecular weight is 503 g/mol. The van der Waals surface area contributed by atoms with Gasteiger partial charge in [0, 0.05) is 18.4 Å². The maximum absolute atomic E-state index is 13.3. The number of anilines is 1. The molecule has 2 unspecified atom stereocenters. The molecule has 2 aliphatic heterocycles. The van der Waals surface area contributed by atoms with Gasteiger partial charge in [0.15, 0.2) is 11.7 Å². The molecule has 184 valence electrons. The van der Waals surface area contributed by atoms with Gasteiger partial charge in [-0.15, -0.1) is 11.8 Å². The van der Waals surface area contributed by atoms with Crippen LogP contribution in [0.25, 0.3) is 0 Å². The zero-order valence-corrected chi connectivity index (χ0v) is 20.5. The summed E-state index contributed by atoms with van der Waals surface area (Å²) in [6.07, 6.45) is -0.697. The number of amides is 2. The molecule has 0 spiro atoms. The van der Waals surface area contributed by atoms with Gasteiger partial charge in [0.2, 0.25) is 11.8 Å². The molecule has 7 nitrogen and oxygen atoms in total. The quantitative estimate of drug-likeness (QED) is 0.411. The predicted molar refractivity (Wildman–Crippen MR) is 137 cm³/mol. The van der Waals surface area contributed by atoms with Crippen LogP contribution in [0.5, 0.6) is 0 Å². The number of hydrogen-bond acceptors (Lipinski definition) is 6. The van der Waals surface area contributed by atoms with Crippen molar-refractivity contribution < 1.29 is 24.2 Å². The zero-order chi connectivity index (χ0) is 25.3. The van der Waals surface area contributed by atoms with Crippen LogP contribution in [0, 0.1) is 0 Å². The first-order valence-corrected chi connectivity index (χ1v) is 12.7. The van der Waals surface area contributed by atoms with Crippen molar-refractivity contribution in [2.75, 3.05) is 17.2 Å². The number of carbonyl (C=O) groups excluding carboxylic acids is 3. The second-order valence-electron chi connectivity index (χ2n) is 8.98. The van der Waals surface area contributed by atoms with Crippen molar-refractivity contribution in [1.29, 1.82) is 0 Å². The molecular formula is C28H26N2O5S. The van der Waals surface area contributed by atoms with Gasteiger partial charge in [0.1, 0.15) is 11.4 Å². The van der Waals surface area contributed by atoms with Gasteiger partial charge in [-0.2, -0.15) is 0 Å². The first-order chi connectivity index (χ1) is 17.4. The SMILES string of the molecule is CC(=O)N(c1ccccc1)C1C(=O)N2CC(O)(C(=O)OC(c3ccccc3)c3ccccc3)CS[C@H]12. The molecule has 2 saturated heterocycles. The molecule has 2 amide bonds. The third-order valence-electron chi connectivity index (χ3n) is 6.50. The lowest BCUT2D eigenvalue weighted by Gasteiger charge is -2.55. The molecule has 2 fully saturated rings. The lowest BCUT2D eigenvalue weighted by atomic mass is 9.97. The number of para-hydroxylation sites is 1. The number of nitrogens with zero attached hydrogens (tertiary/aromatic N) is 2. The van der Waals surface area contributed by atoms with Gasteiger partial charge in [-0.3, -0.25) is 14.5 Å². The number of ether oxygens (including phenoxy) is 1. The molecule has 1 N–H and O–H groups in total. The van der Waals surface area contributed by atoms with Crippen LogP contribution in [0.2, 0.25) is 0 Å². The molecule has 3 aromatic carbocycles. The summed E-state index contributed by atoms with van der Waals surface area (Å²) in [5.41, 5.74) is 0.332. The Balaban J connectivity index is 1.34. The van der Waals surface area contributed by atoms with Gasteiger partial charge in [0.25, 0.3) is 0 Å². The van der Waals surface area contributed by atoms with Crippen LogP contribution in [0.3, 0.4) is 0 Å². The summed E-state index contributed by atoms with van der Waals surface area (Å²) in [5, 5.41) is 11.0. The van der Waals surface area contributed by atoms with E-state index in [2.05, 4.69) is 0 Å². The normalized spacial score (nSPS) is 23.0. The van der Waals surface area contributed by atoms with E-state index in [0.29, 0.717) is 5.69 Å². The Hall–Kier alpha value is -3.62. The predicted octanol–water partition coefficient (Wildman–Crippen LogP) is 3.39. The third-order valence-corrected chi connectivity index (χ3v) is 8.00. The fourth-order valence-corrected chi connectivity index (χ4v) is 6.13. The van der Waals surface area contributed by atoms with E-state index in [0.717, 1.165) is 11.1 Å². The topological polar surface area (TPSA) is 87.2 Å². The van der Waals surface area contributed by atoms with E-state index < -0.39 is 23.7 Å². The van der Waals surface area contributed by atoms with Crippen molar-refractivity contribution in [2.45, 2.75) is 30.0 Å². The first-order valence-electron chi connectivity index (χ1n) is 11.7. The van der Waals surface area contributed by atoms with Crippen molar-refractivity contribution in [2.24, 2.45) is 0 Å². The lowest BCUT2D eigenvalue weighted by molar-refractivity contribution is -0.174. The van der Waals surface area contributed by atoms with E-state index in [4.69, 9.17) is 4.74 Å². The van der Waals surface area contributed by atoms with Gasteiger partial charge >= 0.3 is 5.97 Å². The van der Waals surface area contributed by atoms with Gasteiger partial charge in [-0.25, -0.2) is 4.79 Å². The summed E-state index contributed by atoms with van der Waals surface area (Å²) in [7, 11) is 0. The number of esters is 1. The van der Waals surface area contributed by atoms with Crippen molar-refractivity contribution in [1.82, 2.24) is 4.90 Å². The number of thioether (sulfide) groups is 1. The Morgan fingerprint density at radius 2 is 1.50 bits per heavy atom. The molecule has 0 saturated carbocycles. The Morgan fingerprint density at radius 1 is 0.972 bits per heavy atom. The maximum atomic E-state index is 13.3. The molecule has 5 rings (SSSR count). The molecule has 3 atom stereocenters. The summed E-state index contributed by atoms with van der Waals surface area (Å²) in [5.74, 6) is -1.28.